The van der Waals surface area contributed by atoms with E-state index in [0.717, 1.165) is 5.01 Å². The molecule has 0 saturated heterocycles. The number of carbonyl (C=O) groups is 1. The standard InChI is InChI=1S/C14H11N5O2S/c1-9-16-17-14(22-9)15-13(21)11-7-8-12(20)19(18-11)10-5-3-2-4-6-10/h2-8H,1H3,(H,15,17,21). The molecule has 0 aliphatic rings. The van der Waals surface area contributed by atoms with Crippen molar-refractivity contribution in [2.24, 2.45) is 0 Å². The number of aromatic nitrogens is 4. The van der Waals surface area contributed by atoms with Crippen molar-refractivity contribution in [2.75, 3.05) is 5.32 Å². The summed E-state index contributed by atoms with van der Waals surface area (Å²) in [6, 6.07) is 11.6. The van der Waals surface area contributed by atoms with Gasteiger partial charge in [0, 0.05) is 6.07 Å². The number of para-hydroxylation sites is 1. The first-order valence-corrected chi connectivity index (χ1v) is 7.22. The number of hydrogen-bond acceptors (Lipinski definition) is 6. The van der Waals surface area contributed by atoms with Crippen molar-refractivity contribution in [2.45, 2.75) is 6.92 Å². The van der Waals surface area contributed by atoms with Crippen LogP contribution in [0.4, 0.5) is 5.13 Å². The lowest BCUT2D eigenvalue weighted by atomic mass is 10.3. The van der Waals surface area contributed by atoms with E-state index >= 15 is 0 Å². The fourth-order valence-corrected chi connectivity index (χ4v) is 2.38. The second-order valence-corrected chi connectivity index (χ2v) is 5.57. The fraction of sp³-hybridized carbons (Fsp3) is 0.0714. The van der Waals surface area contributed by atoms with Gasteiger partial charge >= 0.3 is 0 Å². The maximum absolute atomic E-state index is 12.2. The first-order valence-electron chi connectivity index (χ1n) is 6.41. The number of anilines is 1. The van der Waals surface area contributed by atoms with Crippen LogP contribution in [0.3, 0.4) is 0 Å². The van der Waals surface area contributed by atoms with E-state index in [9.17, 15) is 9.59 Å². The van der Waals surface area contributed by atoms with Crippen LogP contribution in [0.2, 0.25) is 0 Å². The van der Waals surface area contributed by atoms with Crippen molar-refractivity contribution in [3.05, 3.63) is 63.5 Å². The molecule has 22 heavy (non-hydrogen) atoms. The van der Waals surface area contributed by atoms with Gasteiger partial charge < -0.3 is 0 Å². The molecular weight excluding hydrogens is 302 g/mol. The molecule has 8 heteroatoms. The van der Waals surface area contributed by atoms with Gasteiger partial charge in [-0.25, -0.2) is 0 Å². The van der Waals surface area contributed by atoms with Gasteiger partial charge in [-0.3, -0.25) is 14.9 Å². The lowest BCUT2D eigenvalue weighted by molar-refractivity contribution is 0.102. The van der Waals surface area contributed by atoms with Crippen molar-refractivity contribution in [3.63, 3.8) is 0 Å². The molecule has 1 amide bonds. The minimum absolute atomic E-state index is 0.122. The molecular formula is C14H11N5O2S. The van der Waals surface area contributed by atoms with E-state index in [0.29, 0.717) is 10.8 Å². The molecule has 2 heterocycles. The molecule has 110 valence electrons. The summed E-state index contributed by atoms with van der Waals surface area (Å²) in [4.78, 5) is 24.1. The topological polar surface area (TPSA) is 89.8 Å². The number of nitrogens with zero attached hydrogens (tertiary/aromatic N) is 4. The predicted molar refractivity (Wildman–Crippen MR) is 82.4 cm³/mol. The van der Waals surface area contributed by atoms with Crippen molar-refractivity contribution in [1.29, 1.82) is 0 Å². The largest absolute Gasteiger partial charge is 0.295 e. The molecule has 0 atom stereocenters. The highest BCUT2D eigenvalue weighted by atomic mass is 32.1. The SMILES string of the molecule is Cc1nnc(NC(=O)c2ccc(=O)n(-c3ccccc3)n2)s1. The Hall–Kier alpha value is -2.87. The highest BCUT2D eigenvalue weighted by Crippen LogP contribution is 2.14. The van der Waals surface area contributed by atoms with Crippen LogP contribution in [0.15, 0.2) is 47.3 Å². The summed E-state index contributed by atoms with van der Waals surface area (Å²) in [5.74, 6) is -0.444. The van der Waals surface area contributed by atoms with E-state index in [2.05, 4.69) is 20.6 Å². The molecule has 3 rings (SSSR count). The fourth-order valence-electron chi connectivity index (χ4n) is 1.79. The summed E-state index contributed by atoms with van der Waals surface area (Å²) in [5, 5.41) is 15.5. The smallest absolute Gasteiger partial charge is 0.277 e. The Morgan fingerprint density at radius 1 is 1.14 bits per heavy atom. The summed E-state index contributed by atoms with van der Waals surface area (Å²) >= 11 is 1.26. The molecule has 0 saturated carbocycles. The number of amides is 1. The van der Waals surface area contributed by atoms with Crippen LogP contribution in [0.1, 0.15) is 15.5 Å². The van der Waals surface area contributed by atoms with Gasteiger partial charge in [0.15, 0.2) is 0 Å². The van der Waals surface area contributed by atoms with Crippen LogP contribution in [-0.2, 0) is 0 Å². The molecule has 0 fully saturated rings. The van der Waals surface area contributed by atoms with E-state index in [4.69, 9.17) is 0 Å². The highest BCUT2D eigenvalue weighted by molar-refractivity contribution is 7.15. The molecule has 7 nitrogen and oxygen atoms in total. The second kappa shape index (κ2) is 5.86. The molecule has 0 unspecified atom stereocenters. The van der Waals surface area contributed by atoms with Crippen molar-refractivity contribution >= 4 is 22.4 Å². The van der Waals surface area contributed by atoms with Crippen molar-refractivity contribution in [3.8, 4) is 5.69 Å². The van der Waals surface area contributed by atoms with E-state index in [-0.39, 0.29) is 11.3 Å². The molecule has 0 bridgehead atoms. The molecule has 0 spiro atoms. The van der Waals surface area contributed by atoms with Gasteiger partial charge in [0.05, 0.1) is 5.69 Å². The average Bonchev–Trinajstić information content (AvgIpc) is 2.93. The summed E-state index contributed by atoms with van der Waals surface area (Å²) in [6.45, 7) is 1.79. The Balaban J connectivity index is 1.92. The molecule has 0 aliphatic heterocycles. The zero-order valence-electron chi connectivity index (χ0n) is 11.6. The molecule has 1 aromatic carbocycles. The minimum atomic E-state index is -0.444. The maximum atomic E-state index is 12.2. The monoisotopic (exact) mass is 313 g/mol. The van der Waals surface area contributed by atoms with Crippen LogP contribution in [0.5, 0.6) is 0 Å². The Morgan fingerprint density at radius 3 is 2.59 bits per heavy atom. The second-order valence-electron chi connectivity index (χ2n) is 4.38. The van der Waals surface area contributed by atoms with Crippen LogP contribution in [-0.4, -0.2) is 25.9 Å². The van der Waals surface area contributed by atoms with Crippen LogP contribution < -0.4 is 10.9 Å². The van der Waals surface area contributed by atoms with E-state index in [1.165, 1.54) is 28.2 Å². The zero-order valence-corrected chi connectivity index (χ0v) is 12.4. The lowest BCUT2D eigenvalue weighted by Gasteiger charge is -2.06. The Morgan fingerprint density at radius 2 is 1.91 bits per heavy atom. The number of hydrogen-bond donors (Lipinski definition) is 1. The Kier molecular flexibility index (Phi) is 3.75. The number of nitrogens with one attached hydrogen (secondary N) is 1. The number of carbonyl (C=O) groups excluding carboxylic acids is 1. The number of rotatable bonds is 3. The first-order chi connectivity index (χ1) is 10.6. The van der Waals surface area contributed by atoms with Gasteiger partial charge in [-0.15, -0.1) is 10.2 Å². The van der Waals surface area contributed by atoms with E-state index in [1.54, 1.807) is 31.2 Å². The van der Waals surface area contributed by atoms with Gasteiger partial charge in [-0.1, -0.05) is 29.5 Å². The minimum Gasteiger partial charge on any atom is -0.295 e. The van der Waals surface area contributed by atoms with Crippen LogP contribution in [0.25, 0.3) is 5.69 Å². The first kappa shape index (κ1) is 14.1. The average molecular weight is 313 g/mol. The van der Waals surface area contributed by atoms with Crippen LogP contribution >= 0.6 is 11.3 Å². The Bertz CT molecular complexity index is 872. The van der Waals surface area contributed by atoms with E-state index < -0.39 is 5.91 Å². The summed E-state index contributed by atoms with van der Waals surface area (Å²) in [5.41, 5.74) is 0.403. The Labute approximate surface area is 129 Å². The molecule has 2 aromatic heterocycles. The maximum Gasteiger partial charge on any atom is 0.277 e. The van der Waals surface area contributed by atoms with Gasteiger partial charge in [0.1, 0.15) is 10.7 Å². The van der Waals surface area contributed by atoms with Crippen molar-refractivity contribution < 1.29 is 4.79 Å². The number of benzene rings is 1. The third-order valence-corrected chi connectivity index (χ3v) is 3.53. The molecule has 3 aromatic rings. The van der Waals surface area contributed by atoms with Gasteiger partial charge in [0.2, 0.25) is 5.13 Å². The third-order valence-electron chi connectivity index (χ3n) is 2.78. The summed E-state index contributed by atoms with van der Waals surface area (Å²) < 4.78 is 1.18. The third kappa shape index (κ3) is 2.91. The van der Waals surface area contributed by atoms with Crippen molar-refractivity contribution in [1.82, 2.24) is 20.0 Å². The normalized spacial score (nSPS) is 10.4. The molecule has 0 radical (unpaired) electrons. The van der Waals surface area contributed by atoms with Gasteiger partial charge in [-0.05, 0) is 25.1 Å². The molecule has 0 aliphatic carbocycles. The molecule has 1 N–H and O–H groups in total. The lowest BCUT2D eigenvalue weighted by Crippen LogP contribution is -2.24. The summed E-state index contributed by atoms with van der Waals surface area (Å²) in [6.07, 6.45) is 0. The van der Waals surface area contributed by atoms with Gasteiger partial charge in [0.25, 0.3) is 11.5 Å². The van der Waals surface area contributed by atoms with Gasteiger partial charge in [-0.2, -0.15) is 9.78 Å². The number of aryl methyl sites for hydroxylation is 1. The summed E-state index contributed by atoms with van der Waals surface area (Å²) in [7, 11) is 0. The predicted octanol–water partition coefficient (Wildman–Crippen LogP) is 1.64. The quantitative estimate of drug-likeness (QED) is 0.794. The van der Waals surface area contributed by atoms with E-state index in [1.807, 2.05) is 6.07 Å². The zero-order chi connectivity index (χ0) is 15.5. The van der Waals surface area contributed by atoms with Crippen LogP contribution in [0, 0.1) is 6.92 Å². The highest BCUT2D eigenvalue weighted by Gasteiger charge is 2.12.